The molecule has 0 radical (unpaired) electrons. The monoisotopic (exact) mass is 272 g/mol. The summed E-state index contributed by atoms with van der Waals surface area (Å²) in [5, 5.41) is 4.59. The SMILES string of the molecule is Clc1ccc(NCCN2CCCCC2)cc1Cl. The molecule has 0 aromatic heterocycles. The number of rotatable bonds is 4. The van der Waals surface area contributed by atoms with E-state index in [4.69, 9.17) is 23.2 Å². The second kappa shape index (κ2) is 6.48. The summed E-state index contributed by atoms with van der Waals surface area (Å²) in [7, 11) is 0. The van der Waals surface area contributed by atoms with Crippen LogP contribution in [-0.2, 0) is 0 Å². The zero-order chi connectivity index (χ0) is 12.1. The molecule has 0 amide bonds. The summed E-state index contributed by atoms with van der Waals surface area (Å²) < 4.78 is 0. The maximum absolute atomic E-state index is 5.96. The second-order valence-corrected chi connectivity index (χ2v) is 5.27. The largest absolute Gasteiger partial charge is 0.384 e. The molecule has 0 saturated carbocycles. The molecule has 0 spiro atoms. The summed E-state index contributed by atoms with van der Waals surface area (Å²) in [6.07, 6.45) is 4.07. The molecule has 2 rings (SSSR count). The number of halogens is 2. The van der Waals surface area contributed by atoms with Crippen LogP contribution < -0.4 is 5.32 Å². The van der Waals surface area contributed by atoms with Gasteiger partial charge in [-0.25, -0.2) is 0 Å². The molecule has 1 aliphatic heterocycles. The van der Waals surface area contributed by atoms with Crippen molar-refractivity contribution in [2.75, 3.05) is 31.5 Å². The van der Waals surface area contributed by atoms with Gasteiger partial charge in [-0.3, -0.25) is 0 Å². The number of nitrogens with one attached hydrogen (secondary N) is 1. The highest BCUT2D eigenvalue weighted by atomic mass is 35.5. The topological polar surface area (TPSA) is 15.3 Å². The van der Waals surface area contributed by atoms with Crippen LogP contribution in [0.1, 0.15) is 19.3 Å². The Morgan fingerprint density at radius 1 is 1.06 bits per heavy atom. The van der Waals surface area contributed by atoms with Crippen LogP contribution in [0.25, 0.3) is 0 Å². The first kappa shape index (κ1) is 13.0. The van der Waals surface area contributed by atoms with E-state index in [1.54, 1.807) is 0 Å². The molecule has 17 heavy (non-hydrogen) atoms. The molecule has 1 aliphatic rings. The van der Waals surface area contributed by atoms with Gasteiger partial charge in [0.25, 0.3) is 0 Å². The molecule has 2 nitrogen and oxygen atoms in total. The number of anilines is 1. The highest BCUT2D eigenvalue weighted by molar-refractivity contribution is 6.42. The van der Waals surface area contributed by atoms with Gasteiger partial charge >= 0.3 is 0 Å². The lowest BCUT2D eigenvalue weighted by molar-refractivity contribution is 0.237. The van der Waals surface area contributed by atoms with Crippen molar-refractivity contribution < 1.29 is 0 Å². The van der Waals surface area contributed by atoms with Gasteiger partial charge in [-0.2, -0.15) is 0 Å². The van der Waals surface area contributed by atoms with Gasteiger partial charge < -0.3 is 10.2 Å². The average Bonchev–Trinajstić information content (AvgIpc) is 2.35. The predicted molar refractivity (Wildman–Crippen MR) is 75.2 cm³/mol. The van der Waals surface area contributed by atoms with Crippen LogP contribution in [0.15, 0.2) is 18.2 Å². The van der Waals surface area contributed by atoms with Crippen LogP contribution in [0.2, 0.25) is 10.0 Å². The Morgan fingerprint density at radius 3 is 2.53 bits per heavy atom. The van der Waals surface area contributed by atoms with Gasteiger partial charge in [0.05, 0.1) is 10.0 Å². The maximum atomic E-state index is 5.96. The quantitative estimate of drug-likeness (QED) is 0.895. The minimum atomic E-state index is 0.605. The molecule has 4 heteroatoms. The highest BCUT2D eigenvalue weighted by Crippen LogP contribution is 2.24. The first-order valence-electron chi connectivity index (χ1n) is 6.17. The van der Waals surface area contributed by atoms with Gasteiger partial charge in [0.2, 0.25) is 0 Å². The third-order valence-corrected chi connectivity index (χ3v) is 3.86. The molecule has 0 bridgehead atoms. The van der Waals surface area contributed by atoms with Crippen molar-refractivity contribution in [3.63, 3.8) is 0 Å². The summed E-state index contributed by atoms with van der Waals surface area (Å²) in [5.41, 5.74) is 1.04. The molecule has 0 atom stereocenters. The Kier molecular flexibility index (Phi) is 4.96. The predicted octanol–water partition coefficient (Wildman–Crippen LogP) is 3.89. The fourth-order valence-corrected chi connectivity index (χ4v) is 2.45. The summed E-state index contributed by atoms with van der Waals surface area (Å²) in [6, 6.07) is 5.66. The lowest BCUT2D eigenvalue weighted by Gasteiger charge is -2.26. The Bertz CT molecular complexity index is 362. The number of likely N-dealkylation sites (tertiary alicyclic amines) is 1. The molecule has 0 aliphatic carbocycles. The van der Waals surface area contributed by atoms with Gasteiger partial charge in [0.1, 0.15) is 0 Å². The number of benzene rings is 1. The first-order valence-corrected chi connectivity index (χ1v) is 6.92. The number of nitrogens with zero attached hydrogens (tertiary/aromatic N) is 1. The zero-order valence-corrected chi connectivity index (χ0v) is 11.4. The van der Waals surface area contributed by atoms with Gasteiger partial charge in [-0.15, -0.1) is 0 Å². The molecule has 94 valence electrons. The van der Waals surface area contributed by atoms with Crippen LogP contribution in [-0.4, -0.2) is 31.1 Å². The van der Waals surface area contributed by atoms with Crippen molar-refractivity contribution in [3.05, 3.63) is 28.2 Å². The van der Waals surface area contributed by atoms with E-state index >= 15 is 0 Å². The minimum Gasteiger partial charge on any atom is -0.384 e. The maximum Gasteiger partial charge on any atom is 0.0612 e. The highest BCUT2D eigenvalue weighted by Gasteiger charge is 2.08. The zero-order valence-electron chi connectivity index (χ0n) is 9.88. The van der Waals surface area contributed by atoms with Crippen LogP contribution >= 0.6 is 23.2 Å². The van der Waals surface area contributed by atoms with Gasteiger partial charge in [0.15, 0.2) is 0 Å². The fraction of sp³-hybridized carbons (Fsp3) is 0.538. The number of piperidine rings is 1. The molecule has 1 N–H and O–H groups in total. The molecule has 1 aromatic rings. The van der Waals surface area contributed by atoms with E-state index < -0.39 is 0 Å². The van der Waals surface area contributed by atoms with Crippen molar-refractivity contribution in [2.45, 2.75) is 19.3 Å². The van der Waals surface area contributed by atoms with Crippen molar-refractivity contribution in [2.24, 2.45) is 0 Å². The third-order valence-electron chi connectivity index (χ3n) is 3.13. The molecule has 1 aromatic carbocycles. The Hall–Kier alpha value is -0.440. The van der Waals surface area contributed by atoms with Crippen molar-refractivity contribution >= 4 is 28.9 Å². The number of hydrogen-bond acceptors (Lipinski definition) is 2. The molecule has 1 fully saturated rings. The lowest BCUT2D eigenvalue weighted by Crippen LogP contribution is -2.33. The van der Waals surface area contributed by atoms with Crippen molar-refractivity contribution in [1.29, 1.82) is 0 Å². The fourth-order valence-electron chi connectivity index (χ4n) is 2.15. The normalized spacial score (nSPS) is 17.1. The minimum absolute atomic E-state index is 0.605. The average molecular weight is 273 g/mol. The van der Waals surface area contributed by atoms with E-state index in [0.29, 0.717) is 10.0 Å². The second-order valence-electron chi connectivity index (χ2n) is 4.46. The molecular formula is C13H18Cl2N2. The summed E-state index contributed by atoms with van der Waals surface area (Å²) >= 11 is 11.8. The first-order chi connectivity index (χ1) is 8.25. The van der Waals surface area contributed by atoms with Crippen LogP contribution in [0, 0.1) is 0 Å². The number of hydrogen-bond donors (Lipinski definition) is 1. The standard InChI is InChI=1S/C13H18Cl2N2/c14-12-5-4-11(10-13(12)15)16-6-9-17-7-2-1-3-8-17/h4-5,10,16H,1-3,6-9H2. The van der Waals surface area contributed by atoms with Gasteiger partial charge in [-0.1, -0.05) is 29.6 Å². The van der Waals surface area contributed by atoms with E-state index in [1.165, 1.54) is 32.4 Å². The Morgan fingerprint density at radius 2 is 1.82 bits per heavy atom. The van der Waals surface area contributed by atoms with Gasteiger partial charge in [-0.05, 0) is 44.1 Å². The van der Waals surface area contributed by atoms with E-state index in [9.17, 15) is 0 Å². The Labute approximate surface area is 113 Å². The van der Waals surface area contributed by atoms with Crippen LogP contribution in [0.4, 0.5) is 5.69 Å². The lowest BCUT2D eigenvalue weighted by atomic mass is 10.1. The van der Waals surface area contributed by atoms with E-state index in [2.05, 4.69) is 10.2 Å². The van der Waals surface area contributed by atoms with Crippen molar-refractivity contribution in [1.82, 2.24) is 4.90 Å². The molecular weight excluding hydrogens is 255 g/mol. The van der Waals surface area contributed by atoms with Crippen molar-refractivity contribution in [3.8, 4) is 0 Å². The molecule has 1 saturated heterocycles. The van der Waals surface area contributed by atoms with Crippen LogP contribution in [0.3, 0.4) is 0 Å². The van der Waals surface area contributed by atoms with E-state index in [-0.39, 0.29) is 0 Å². The Balaban J connectivity index is 1.75. The summed E-state index contributed by atoms with van der Waals surface area (Å²) in [5.74, 6) is 0. The molecule has 0 unspecified atom stereocenters. The van der Waals surface area contributed by atoms with Gasteiger partial charge in [0, 0.05) is 18.8 Å². The smallest absolute Gasteiger partial charge is 0.0612 e. The summed E-state index contributed by atoms with van der Waals surface area (Å²) in [4.78, 5) is 2.51. The van der Waals surface area contributed by atoms with E-state index in [0.717, 1.165) is 18.8 Å². The van der Waals surface area contributed by atoms with Crippen LogP contribution in [0.5, 0.6) is 0 Å². The third kappa shape index (κ3) is 4.06. The molecule has 1 heterocycles. The summed E-state index contributed by atoms with van der Waals surface area (Å²) in [6.45, 7) is 4.53. The van der Waals surface area contributed by atoms with E-state index in [1.807, 2.05) is 18.2 Å².